The van der Waals surface area contributed by atoms with Crippen molar-refractivity contribution in [1.82, 2.24) is 15.0 Å². The third kappa shape index (κ3) is 5.35. The van der Waals surface area contributed by atoms with Crippen LogP contribution in [0.2, 0.25) is 0 Å². The van der Waals surface area contributed by atoms with Gasteiger partial charge >= 0.3 is 0 Å². The smallest absolute Gasteiger partial charge is 0.162 e. The first-order chi connectivity index (χ1) is 30.7. The van der Waals surface area contributed by atoms with Gasteiger partial charge in [0.1, 0.15) is 0 Å². The van der Waals surface area contributed by atoms with Crippen LogP contribution in [0.15, 0.2) is 212 Å². The fraction of sp³-hybridized carbons (Fsp3) is 0. The lowest BCUT2D eigenvalue weighted by Gasteiger charge is -2.17. The van der Waals surface area contributed by atoms with Crippen LogP contribution in [-0.2, 0) is 0 Å². The van der Waals surface area contributed by atoms with Gasteiger partial charge in [-0.25, -0.2) is 15.0 Å². The minimum absolute atomic E-state index is 0.633. The molecule has 3 nitrogen and oxygen atoms in total. The van der Waals surface area contributed by atoms with Crippen LogP contribution in [0.4, 0.5) is 0 Å². The molecule has 0 saturated carbocycles. The van der Waals surface area contributed by atoms with Crippen molar-refractivity contribution in [2.45, 2.75) is 0 Å². The average molecular weight is 786 g/mol. The maximum atomic E-state index is 5.67. The number of para-hydroxylation sites is 1. The molecule has 0 atom stereocenters. The molecule has 11 aromatic carbocycles. The maximum absolute atomic E-state index is 5.67. The van der Waals surface area contributed by atoms with E-state index in [-0.39, 0.29) is 0 Å². The van der Waals surface area contributed by atoms with Gasteiger partial charge in [0.25, 0.3) is 0 Å². The van der Waals surface area contributed by atoms with Gasteiger partial charge in [-0.05, 0) is 95.0 Å². The van der Waals surface area contributed by atoms with Gasteiger partial charge in [0.05, 0.1) is 22.6 Å². The number of hydrogen-bond donors (Lipinski definition) is 0. The zero-order valence-electron chi connectivity index (χ0n) is 33.5. The molecule has 0 amide bonds. The molecular weight excluding hydrogens is 751 g/mol. The van der Waals surface area contributed by atoms with Crippen molar-refractivity contribution in [3.8, 4) is 45.2 Å². The van der Waals surface area contributed by atoms with Crippen molar-refractivity contribution in [1.29, 1.82) is 0 Å². The first-order valence-electron chi connectivity index (χ1n) is 21.2. The van der Waals surface area contributed by atoms with Gasteiger partial charge in [-0.3, -0.25) is 0 Å². The topological polar surface area (TPSA) is 38.7 Å². The maximum Gasteiger partial charge on any atom is 0.162 e. The summed E-state index contributed by atoms with van der Waals surface area (Å²) >= 11 is 0. The Balaban J connectivity index is 1.16. The van der Waals surface area contributed by atoms with Crippen molar-refractivity contribution in [3.63, 3.8) is 0 Å². The molecule has 0 aliphatic heterocycles. The number of pyridine rings is 1. The Morgan fingerprint density at radius 2 is 0.758 bits per heavy atom. The first-order valence-corrected chi connectivity index (χ1v) is 21.2. The van der Waals surface area contributed by atoms with Gasteiger partial charge in [0.2, 0.25) is 0 Å². The Labute approximate surface area is 357 Å². The van der Waals surface area contributed by atoms with Crippen molar-refractivity contribution in [3.05, 3.63) is 212 Å². The molecule has 2 aromatic heterocycles. The van der Waals surface area contributed by atoms with Gasteiger partial charge in [0, 0.05) is 38.4 Å². The molecule has 0 aliphatic rings. The monoisotopic (exact) mass is 785 g/mol. The van der Waals surface area contributed by atoms with Crippen molar-refractivity contribution in [2.24, 2.45) is 0 Å². The molecular formula is C59H35N3. The summed E-state index contributed by atoms with van der Waals surface area (Å²) in [5.74, 6) is 0.633. The molecule has 0 unspecified atom stereocenters. The van der Waals surface area contributed by atoms with Crippen molar-refractivity contribution >= 4 is 86.3 Å². The van der Waals surface area contributed by atoms with Gasteiger partial charge < -0.3 is 0 Å². The normalized spacial score (nSPS) is 11.9. The Kier molecular flexibility index (Phi) is 7.60. The third-order valence-electron chi connectivity index (χ3n) is 12.8. The van der Waals surface area contributed by atoms with Gasteiger partial charge in [0.15, 0.2) is 5.82 Å². The molecule has 0 N–H and O–H groups in total. The summed E-state index contributed by atoms with van der Waals surface area (Å²) in [6.07, 6.45) is 0. The lowest BCUT2D eigenvalue weighted by atomic mass is 9.92. The molecule has 0 bridgehead atoms. The molecule has 0 saturated heterocycles. The van der Waals surface area contributed by atoms with Crippen LogP contribution in [-0.4, -0.2) is 15.0 Å². The van der Waals surface area contributed by atoms with Crippen LogP contribution >= 0.6 is 0 Å². The summed E-state index contributed by atoms with van der Waals surface area (Å²) in [5, 5.41) is 17.6. The van der Waals surface area contributed by atoms with Crippen LogP contribution in [0, 0.1) is 0 Å². The Hall–Kier alpha value is -8.27. The third-order valence-corrected chi connectivity index (χ3v) is 12.8. The zero-order chi connectivity index (χ0) is 40.7. The van der Waals surface area contributed by atoms with Crippen LogP contribution in [0.1, 0.15) is 0 Å². The molecule has 3 heteroatoms. The molecule has 0 fully saturated rings. The number of rotatable bonds is 4. The van der Waals surface area contributed by atoms with E-state index in [2.05, 4.69) is 212 Å². The molecule has 0 radical (unpaired) electrons. The summed E-state index contributed by atoms with van der Waals surface area (Å²) < 4.78 is 0. The Morgan fingerprint density at radius 3 is 1.40 bits per heavy atom. The minimum atomic E-state index is 0.633. The second kappa shape index (κ2) is 13.6. The molecule has 0 spiro atoms. The second-order valence-corrected chi connectivity index (χ2v) is 16.3. The quantitative estimate of drug-likeness (QED) is 0.167. The van der Waals surface area contributed by atoms with E-state index in [1.165, 1.54) is 59.2 Å². The lowest BCUT2D eigenvalue weighted by molar-refractivity contribution is 1.19. The van der Waals surface area contributed by atoms with Gasteiger partial charge in [-0.15, -0.1) is 0 Å². The second-order valence-electron chi connectivity index (χ2n) is 16.3. The zero-order valence-corrected chi connectivity index (χ0v) is 33.5. The number of benzene rings is 11. The fourth-order valence-electron chi connectivity index (χ4n) is 9.91. The SMILES string of the molecule is c1ccc2cc(-c3nc4c(-c5nc(-c6cc7ccccc7c7ccccc67)cc(-c6cc7ccccc7c7ccccc67)n5)cccc4c4c3ccc3ccccc34)ccc2c1. The summed E-state index contributed by atoms with van der Waals surface area (Å²) in [5.41, 5.74) is 7.62. The molecule has 13 rings (SSSR count). The fourth-order valence-corrected chi connectivity index (χ4v) is 9.91. The summed E-state index contributed by atoms with van der Waals surface area (Å²) in [6.45, 7) is 0. The van der Waals surface area contributed by atoms with E-state index in [1.54, 1.807) is 0 Å². The number of hydrogen-bond acceptors (Lipinski definition) is 3. The van der Waals surface area contributed by atoms with Crippen LogP contribution < -0.4 is 0 Å². The van der Waals surface area contributed by atoms with E-state index in [0.717, 1.165) is 66.4 Å². The Morgan fingerprint density at radius 1 is 0.258 bits per heavy atom. The van der Waals surface area contributed by atoms with Crippen LogP contribution in [0.5, 0.6) is 0 Å². The van der Waals surface area contributed by atoms with E-state index in [4.69, 9.17) is 15.0 Å². The standard InChI is InChI=1S/C59H35N3/c1-2-16-38-32-41(29-28-36(38)14-1)57-50-31-30-37-15-3-8-21-44(37)56(50)49-26-13-27-51(58(49)62-57)59-60-54(52-33-39-17-4-6-19-42(39)45-22-9-11-24-47(45)52)35-55(61-59)53-34-40-18-5-7-20-43(40)46-23-10-12-25-48(46)53/h1-35H. The highest BCUT2D eigenvalue weighted by Gasteiger charge is 2.21. The largest absolute Gasteiger partial charge is 0.246 e. The predicted octanol–water partition coefficient (Wildman–Crippen LogP) is 15.8. The van der Waals surface area contributed by atoms with Crippen molar-refractivity contribution < 1.29 is 0 Å². The van der Waals surface area contributed by atoms with Crippen LogP contribution in [0.25, 0.3) is 131 Å². The summed E-state index contributed by atoms with van der Waals surface area (Å²) in [4.78, 5) is 16.8. The van der Waals surface area contributed by atoms with E-state index >= 15 is 0 Å². The first kappa shape index (κ1) is 34.6. The lowest BCUT2D eigenvalue weighted by Crippen LogP contribution is -1.99. The molecule has 62 heavy (non-hydrogen) atoms. The predicted molar refractivity (Wildman–Crippen MR) is 262 cm³/mol. The number of aromatic nitrogens is 3. The molecule has 13 aromatic rings. The van der Waals surface area contributed by atoms with E-state index in [0.29, 0.717) is 5.82 Å². The Bertz CT molecular complexity index is 3860. The molecule has 286 valence electrons. The van der Waals surface area contributed by atoms with E-state index < -0.39 is 0 Å². The van der Waals surface area contributed by atoms with Gasteiger partial charge in [-0.1, -0.05) is 182 Å². The van der Waals surface area contributed by atoms with Gasteiger partial charge in [-0.2, -0.15) is 0 Å². The molecule has 2 heterocycles. The highest BCUT2D eigenvalue weighted by molar-refractivity contribution is 6.24. The number of nitrogens with zero attached hydrogens (tertiary/aromatic N) is 3. The van der Waals surface area contributed by atoms with E-state index in [9.17, 15) is 0 Å². The average Bonchev–Trinajstić information content (AvgIpc) is 3.35. The highest BCUT2D eigenvalue weighted by Crippen LogP contribution is 2.43. The van der Waals surface area contributed by atoms with E-state index in [1.807, 2.05) is 0 Å². The summed E-state index contributed by atoms with van der Waals surface area (Å²) in [7, 11) is 0. The highest BCUT2D eigenvalue weighted by atomic mass is 14.9. The summed E-state index contributed by atoms with van der Waals surface area (Å²) in [6, 6.07) is 76.3. The number of fused-ring (bicyclic) bond motifs is 12. The molecule has 0 aliphatic carbocycles. The van der Waals surface area contributed by atoms with Crippen LogP contribution in [0.3, 0.4) is 0 Å². The van der Waals surface area contributed by atoms with Crippen molar-refractivity contribution in [2.75, 3.05) is 0 Å². The minimum Gasteiger partial charge on any atom is -0.246 e.